The van der Waals surface area contributed by atoms with Crippen LogP contribution in [0.1, 0.15) is 21.5 Å². The first kappa shape index (κ1) is 17.1. The minimum atomic E-state index is -0.406. The third-order valence-electron chi connectivity index (χ3n) is 4.89. The van der Waals surface area contributed by atoms with E-state index in [1.165, 1.54) is 0 Å². The smallest absolute Gasteiger partial charge is 0.310 e. The molecular weight excluding hydrogens is 340 g/mol. The minimum Gasteiger partial charge on any atom is -0.457 e. The largest absolute Gasteiger partial charge is 0.457 e. The second-order valence-electron chi connectivity index (χ2n) is 6.74. The second-order valence-corrected chi connectivity index (χ2v) is 6.74. The highest BCUT2D eigenvalue weighted by Gasteiger charge is 2.17. The van der Waals surface area contributed by atoms with Crippen molar-refractivity contribution in [3.8, 4) is 0 Å². The van der Waals surface area contributed by atoms with Crippen molar-refractivity contribution in [3.05, 3.63) is 71.5 Å². The number of aromatic nitrogens is 2. The monoisotopic (exact) mass is 360 g/mol. The highest BCUT2D eigenvalue weighted by molar-refractivity contribution is 6.09. The molecule has 0 saturated carbocycles. The standard InChI is InChI=1S/C22H20N2O3/c1-14-6-5-8-18-22(14)17(11-23-18)20(25)13-27-21(26)10-15-12-24(2)19-9-4-3-7-16(15)19/h3-9,11-12,23H,10,13H2,1-2H3. The highest BCUT2D eigenvalue weighted by atomic mass is 16.5. The summed E-state index contributed by atoms with van der Waals surface area (Å²) >= 11 is 0. The molecule has 136 valence electrons. The third kappa shape index (κ3) is 3.12. The summed E-state index contributed by atoms with van der Waals surface area (Å²) in [5.41, 5.74) is 4.43. The van der Waals surface area contributed by atoms with Crippen LogP contribution in [0.3, 0.4) is 0 Å². The van der Waals surface area contributed by atoms with Crippen molar-refractivity contribution in [1.29, 1.82) is 0 Å². The van der Waals surface area contributed by atoms with E-state index >= 15 is 0 Å². The molecule has 0 aliphatic rings. The van der Waals surface area contributed by atoms with Crippen LogP contribution in [0.25, 0.3) is 21.8 Å². The average Bonchev–Trinajstić information content (AvgIpc) is 3.23. The number of aromatic amines is 1. The maximum absolute atomic E-state index is 12.5. The second kappa shape index (κ2) is 6.76. The van der Waals surface area contributed by atoms with Gasteiger partial charge in [0.05, 0.1) is 6.42 Å². The van der Waals surface area contributed by atoms with Crippen LogP contribution in [0, 0.1) is 6.92 Å². The number of carbonyl (C=O) groups excluding carboxylic acids is 2. The molecule has 5 heteroatoms. The van der Waals surface area contributed by atoms with Crippen LogP contribution < -0.4 is 0 Å². The van der Waals surface area contributed by atoms with E-state index in [-0.39, 0.29) is 18.8 Å². The molecule has 2 aromatic carbocycles. The molecule has 5 nitrogen and oxygen atoms in total. The van der Waals surface area contributed by atoms with Crippen LogP contribution in [0.4, 0.5) is 0 Å². The van der Waals surface area contributed by atoms with Crippen molar-refractivity contribution in [1.82, 2.24) is 9.55 Å². The van der Waals surface area contributed by atoms with Gasteiger partial charge in [0.2, 0.25) is 5.78 Å². The Labute approximate surface area is 156 Å². The number of fused-ring (bicyclic) bond motifs is 2. The Morgan fingerprint density at radius 3 is 2.78 bits per heavy atom. The number of Topliss-reactive ketones (excluding diaryl/α,β-unsaturated/α-hetero) is 1. The molecule has 0 radical (unpaired) electrons. The first-order valence-electron chi connectivity index (χ1n) is 8.83. The van der Waals surface area contributed by atoms with Crippen molar-refractivity contribution in [2.24, 2.45) is 7.05 Å². The molecule has 0 spiro atoms. The quantitative estimate of drug-likeness (QED) is 0.433. The summed E-state index contributed by atoms with van der Waals surface area (Å²) < 4.78 is 7.25. The lowest BCUT2D eigenvalue weighted by atomic mass is 10.1. The number of esters is 1. The predicted octanol–water partition coefficient (Wildman–Crippen LogP) is 3.94. The fourth-order valence-corrected chi connectivity index (χ4v) is 3.58. The minimum absolute atomic E-state index is 0.140. The van der Waals surface area contributed by atoms with Gasteiger partial charge in [-0.05, 0) is 30.2 Å². The summed E-state index contributed by atoms with van der Waals surface area (Å²) in [5, 5.41) is 1.91. The number of benzene rings is 2. The van der Waals surface area contributed by atoms with E-state index in [9.17, 15) is 9.59 Å². The number of H-pyrrole nitrogens is 1. The van der Waals surface area contributed by atoms with Gasteiger partial charge in [-0.1, -0.05) is 30.3 Å². The molecule has 0 amide bonds. The van der Waals surface area contributed by atoms with E-state index < -0.39 is 5.97 Å². The third-order valence-corrected chi connectivity index (χ3v) is 4.89. The number of ketones is 1. The highest BCUT2D eigenvalue weighted by Crippen LogP contribution is 2.23. The van der Waals surface area contributed by atoms with Gasteiger partial charge in [0.15, 0.2) is 6.61 Å². The number of aryl methyl sites for hydroxylation is 2. The van der Waals surface area contributed by atoms with Gasteiger partial charge in [-0.25, -0.2) is 0 Å². The normalized spacial score (nSPS) is 11.2. The Balaban J connectivity index is 1.46. The van der Waals surface area contributed by atoms with Gasteiger partial charge in [-0.15, -0.1) is 0 Å². The maximum atomic E-state index is 12.5. The van der Waals surface area contributed by atoms with Crippen LogP contribution in [0.15, 0.2) is 54.9 Å². The number of rotatable bonds is 5. The Bertz CT molecular complexity index is 1170. The van der Waals surface area contributed by atoms with E-state index in [1.807, 2.05) is 67.2 Å². The fourth-order valence-electron chi connectivity index (χ4n) is 3.58. The van der Waals surface area contributed by atoms with Gasteiger partial charge in [0.25, 0.3) is 0 Å². The Morgan fingerprint density at radius 1 is 1.11 bits per heavy atom. The molecular formula is C22H20N2O3. The molecule has 27 heavy (non-hydrogen) atoms. The number of carbonyl (C=O) groups is 2. The lowest BCUT2D eigenvalue weighted by Crippen LogP contribution is -2.15. The zero-order valence-corrected chi connectivity index (χ0v) is 15.3. The van der Waals surface area contributed by atoms with Gasteiger partial charge in [0.1, 0.15) is 0 Å². The van der Waals surface area contributed by atoms with Gasteiger partial charge in [0, 0.05) is 46.8 Å². The van der Waals surface area contributed by atoms with Gasteiger partial charge in [-0.3, -0.25) is 9.59 Å². The summed E-state index contributed by atoms with van der Waals surface area (Å²) in [7, 11) is 1.94. The van der Waals surface area contributed by atoms with Gasteiger partial charge < -0.3 is 14.3 Å². The van der Waals surface area contributed by atoms with Crippen LogP contribution in [0.2, 0.25) is 0 Å². The van der Waals surface area contributed by atoms with E-state index in [2.05, 4.69) is 4.98 Å². The average molecular weight is 360 g/mol. The molecule has 0 atom stereocenters. The molecule has 2 heterocycles. The molecule has 1 N–H and O–H groups in total. The van der Waals surface area contributed by atoms with Crippen LogP contribution in [0.5, 0.6) is 0 Å². The van der Waals surface area contributed by atoms with Crippen LogP contribution in [-0.4, -0.2) is 27.9 Å². The summed E-state index contributed by atoms with van der Waals surface area (Å²) in [6, 6.07) is 13.7. The molecule has 4 aromatic rings. The Kier molecular flexibility index (Phi) is 4.28. The molecule has 0 saturated heterocycles. The zero-order valence-electron chi connectivity index (χ0n) is 15.3. The Morgan fingerprint density at radius 2 is 1.93 bits per heavy atom. The molecule has 4 rings (SSSR count). The number of hydrogen-bond donors (Lipinski definition) is 1. The number of para-hydroxylation sites is 1. The summed E-state index contributed by atoms with van der Waals surface area (Å²) in [4.78, 5) is 27.9. The van der Waals surface area contributed by atoms with Crippen molar-refractivity contribution in [2.75, 3.05) is 6.61 Å². The van der Waals surface area contributed by atoms with Crippen LogP contribution >= 0.6 is 0 Å². The number of nitrogens with one attached hydrogen (secondary N) is 1. The summed E-state index contributed by atoms with van der Waals surface area (Å²) in [5.74, 6) is -0.613. The molecule has 0 unspecified atom stereocenters. The molecule has 0 aliphatic carbocycles. The predicted molar refractivity (Wildman–Crippen MR) is 105 cm³/mol. The number of nitrogens with zero attached hydrogens (tertiary/aromatic N) is 1. The molecule has 0 bridgehead atoms. The SMILES string of the molecule is Cc1cccc2[nH]cc(C(=O)COC(=O)Cc3cn(C)c4ccccc34)c12. The van der Waals surface area contributed by atoms with E-state index in [0.717, 1.165) is 32.9 Å². The fraction of sp³-hybridized carbons (Fsp3) is 0.182. The van der Waals surface area contributed by atoms with Gasteiger partial charge in [-0.2, -0.15) is 0 Å². The molecule has 0 fully saturated rings. The van der Waals surface area contributed by atoms with Gasteiger partial charge >= 0.3 is 5.97 Å². The number of hydrogen-bond acceptors (Lipinski definition) is 3. The van der Waals surface area contributed by atoms with E-state index in [4.69, 9.17) is 4.74 Å². The Hall–Kier alpha value is -3.34. The maximum Gasteiger partial charge on any atom is 0.310 e. The molecule has 0 aliphatic heterocycles. The van der Waals surface area contributed by atoms with Crippen molar-refractivity contribution >= 4 is 33.6 Å². The van der Waals surface area contributed by atoms with Crippen molar-refractivity contribution < 1.29 is 14.3 Å². The first-order valence-corrected chi connectivity index (χ1v) is 8.83. The number of ether oxygens (including phenoxy) is 1. The summed E-state index contributed by atoms with van der Waals surface area (Å²) in [6.07, 6.45) is 3.75. The zero-order chi connectivity index (χ0) is 19.0. The summed E-state index contributed by atoms with van der Waals surface area (Å²) in [6.45, 7) is 1.70. The van der Waals surface area contributed by atoms with Crippen molar-refractivity contribution in [2.45, 2.75) is 13.3 Å². The lowest BCUT2D eigenvalue weighted by molar-refractivity contribution is -0.141. The topological polar surface area (TPSA) is 64.1 Å². The van der Waals surface area contributed by atoms with Crippen LogP contribution in [-0.2, 0) is 23.0 Å². The molecule has 2 aromatic heterocycles. The van der Waals surface area contributed by atoms with Crippen molar-refractivity contribution in [3.63, 3.8) is 0 Å². The van der Waals surface area contributed by atoms with E-state index in [0.29, 0.717) is 5.56 Å². The first-order chi connectivity index (χ1) is 13.0. The lowest BCUT2D eigenvalue weighted by Gasteiger charge is -2.04. The van der Waals surface area contributed by atoms with E-state index in [1.54, 1.807) is 6.20 Å².